The van der Waals surface area contributed by atoms with Crippen LogP contribution in [-0.2, 0) is 29.0 Å². The number of nitrogens with zero attached hydrogens (tertiary/aromatic N) is 1. The van der Waals surface area contributed by atoms with Crippen molar-refractivity contribution in [1.29, 1.82) is 0 Å². The maximum absolute atomic E-state index is 13.8. The number of benzene rings is 3. The van der Waals surface area contributed by atoms with E-state index in [1.54, 1.807) is 41.3 Å². The zero-order chi connectivity index (χ0) is 26.2. The number of amides is 2. The zero-order valence-electron chi connectivity index (χ0n) is 20.1. The van der Waals surface area contributed by atoms with Crippen LogP contribution in [0.3, 0.4) is 0 Å². The van der Waals surface area contributed by atoms with Crippen molar-refractivity contribution in [1.82, 2.24) is 10.2 Å². The van der Waals surface area contributed by atoms with Crippen LogP contribution in [0.25, 0.3) is 0 Å². The molecule has 1 unspecified atom stereocenters. The highest BCUT2D eigenvalue weighted by atomic mass is 35.5. The first-order valence-corrected chi connectivity index (χ1v) is 13.1. The van der Waals surface area contributed by atoms with Gasteiger partial charge in [0.05, 0.1) is 16.5 Å². The van der Waals surface area contributed by atoms with Gasteiger partial charge in [0.1, 0.15) is 6.04 Å². The van der Waals surface area contributed by atoms with Gasteiger partial charge in [-0.25, -0.2) is 0 Å². The van der Waals surface area contributed by atoms with Crippen LogP contribution in [0.15, 0.2) is 66.7 Å². The molecule has 0 spiro atoms. The molecule has 0 fully saturated rings. The van der Waals surface area contributed by atoms with Crippen molar-refractivity contribution in [2.24, 2.45) is 5.92 Å². The largest absolute Gasteiger partial charge is 0.354 e. The van der Waals surface area contributed by atoms with Crippen molar-refractivity contribution < 1.29 is 9.59 Å². The fourth-order valence-corrected chi connectivity index (χ4v) is 4.54. The highest BCUT2D eigenvalue weighted by molar-refractivity contribution is 6.42. The monoisotopic (exact) mass is 564 g/mol. The third kappa shape index (κ3) is 8.14. The lowest BCUT2D eigenvalue weighted by atomic mass is 10.0. The maximum Gasteiger partial charge on any atom is 0.243 e. The minimum atomic E-state index is -0.751. The van der Waals surface area contributed by atoms with Gasteiger partial charge in [-0.05, 0) is 46.9 Å². The molecule has 8 heteroatoms. The Bertz CT molecular complexity index is 1200. The molecule has 3 aromatic carbocycles. The van der Waals surface area contributed by atoms with Gasteiger partial charge in [-0.2, -0.15) is 0 Å². The Morgan fingerprint density at radius 3 is 2.19 bits per heavy atom. The molecule has 3 aromatic rings. The van der Waals surface area contributed by atoms with E-state index in [1.807, 2.05) is 44.2 Å². The summed E-state index contributed by atoms with van der Waals surface area (Å²) < 4.78 is 0. The molecule has 36 heavy (non-hydrogen) atoms. The second-order valence-electron chi connectivity index (χ2n) is 9.03. The molecule has 0 aliphatic carbocycles. The molecule has 3 rings (SSSR count). The highest BCUT2D eigenvalue weighted by Gasteiger charge is 2.31. The second kappa shape index (κ2) is 13.3. The lowest BCUT2D eigenvalue weighted by Gasteiger charge is -2.32. The van der Waals surface area contributed by atoms with Crippen molar-refractivity contribution in [2.45, 2.75) is 39.3 Å². The third-order valence-corrected chi connectivity index (χ3v) is 6.98. The van der Waals surface area contributed by atoms with Crippen LogP contribution in [0.2, 0.25) is 20.1 Å². The molecule has 0 aliphatic heterocycles. The molecule has 0 radical (unpaired) electrons. The van der Waals surface area contributed by atoms with Gasteiger partial charge in [-0.3, -0.25) is 9.59 Å². The van der Waals surface area contributed by atoms with E-state index in [9.17, 15) is 9.59 Å². The molecule has 2 amide bonds. The van der Waals surface area contributed by atoms with Crippen LogP contribution >= 0.6 is 46.4 Å². The first kappa shape index (κ1) is 28.3. The lowest BCUT2D eigenvalue weighted by molar-refractivity contribution is -0.140. The van der Waals surface area contributed by atoms with Gasteiger partial charge in [0, 0.05) is 29.6 Å². The van der Waals surface area contributed by atoms with Crippen LogP contribution in [0.5, 0.6) is 0 Å². The van der Waals surface area contributed by atoms with Crippen LogP contribution in [0.1, 0.15) is 30.5 Å². The van der Waals surface area contributed by atoms with E-state index >= 15 is 0 Å². The molecule has 190 valence electrons. The van der Waals surface area contributed by atoms with Crippen LogP contribution in [0, 0.1) is 5.92 Å². The molecule has 0 bridgehead atoms. The van der Waals surface area contributed by atoms with Gasteiger partial charge in [0.25, 0.3) is 0 Å². The normalized spacial score (nSPS) is 11.9. The van der Waals surface area contributed by atoms with E-state index < -0.39 is 6.04 Å². The number of nitrogens with one attached hydrogen (secondary N) is 1. The summed E-state index contributed by atoms with van der Waals surface area (Å²) in [5, 5.41) is 4.68. The van der Waals surface area contributed by atoms with Crippen molar-refractivity contribution in [3.63, 3.8) is 0 Å². The fourth-order valence-electron chi connectivity index (χ4n) is 3.74. The predicted octanol–water partition coefficient (Wildman–Crippen LogP) is 7.26. The fraction of sp³-hybridized carbons (Fsp3) is 0.286. The lowest BCUT2D eigenvalue weighted by Crippen LogP contribution is -2.51. The summed E-state index contributed by atoms with van der Waals surface area (Å²) in [6.45, 7) is 4.72. The second-order valence-corrected chi connectivity index (χ2v) is 10.7. The van der Waals surface area contributed by atoms with Crippen molar-refractivity contribution in [3.05, 3.63) is 104 Å². The van der Waals surface area contributed by atoms with Crippen LogP contribution < -0.4 is 5.32 Å². The molecule has 0 heterocycles. The number of rotatable bonds is 10. The Hall–Kier alpha value is -2.24. The summed E-state index contributed by atoms with van der Waals surface area (Å²) in [5.41, 5.74) is 2.33. The Kier molecular flexibility index (Phi) is 10.5. The average Bonchev–Trinajstić information content (AvgIpc) is 2.84. The number of carbonyl (C=O) groups excluding carboxylic acids is 2. The molecule has 0 saturated carbocycles. The van der Waals surface area contributed by atoms with Gasteiger partial charge >= 0.3 is 0 Å². The summed E-state index contributed by atoms with van der Waals surface area (Å²) in [5.74, 6) is -0.201. The number of halogens is 4. The number of hydrogen-bond acceptors (Lipinski definition) is 2. The molecule has 0 aromatic heterocycles. The maximum atomic E-state index is 13.8. The van der Waals surface area contributed by atoms with Crippen LogP contribution in [-0.4, -0.2) is 29.3 Å². The molecule has 0 saturated heterocycles. The van der Waals surface area contributed by atoms with E-state index in [0.717, 1.165) is 11.1 Å². The highest BCUT2D eigenvalue weighted by Crippen LogP contribution is 2.26. The summed E-state index contributed by atoms with van der Waals surface area (Å²) in [6.07, 6.45) is 0.367. The predicted molar refractivity (Wildman–Crippen MR) is 149 cm³/mol. The topological polar surface area (TPSA) is 49.4 Å². The summed E-state index contributed by atoms with van der Waals surface area (Å²) in [6, 6.07) is 19.1. The van der Waals surface area contributed by atoms with Crippen LogP contribution in [0.4, 0.5) is 0 Å². The first-order valence-electron chi connectivity index (χ1n) is 11.6. The van der Waals surface area contributed by atoms with Gasteiger partial charge in [0.2, 0.25) is 11.8 Å². The average molecular weight is 566 g/mol. The smallest absolute Gasteiger partial charge is 0.243 e. The van der Waals surface area contributed by atoms with Gasteiger partial charge in [-0.1, -0.05) is 103 Å². The SMILES string of the molecule is CC(C)CNC(=O)C(Cc1ccccc1)N(Cc1ccc(Cl)c(Cl)c1)C(=O)Cc1ccc(Cl)cc1Cl. The molecule has 1 atom stereocenters. The Balaban J connectivity index is 1.99. The molecular formula is C28H28Cl4N2O2. The van der Waals surface area contributed by atoms with Gasteiger partial charge < -0.3 is 10.2 Å². The van der Waals surface area contributed by atoms with E-state index in [0.29, 0.717) is 38.6 Å². The minimum absolute atomic E-state index is 0.0140. The van der Waals surface area contributed by atoms with E-state index in [-0.39, 0.29) is 30.7 Å². The Morgan fingerprint density at radius 2 is 1.56 bits per heavy atom. The third-order valence-electron chi connectivity index (χ3n) is 5.65. The standard InChI is InChI=1S/C28H28Cl4N2O2/c1-18(2)16-33-28(36)26(13-19-6-4-3-5-7-19)34(17-20-8-11-23(30)25(32)12-20)27(35)14-21-9-10-22(29)15-24(21)31/h3-12,15,18,26H,13-14,16-17H2,1-2H3,(H,33,36). The molecule has 4 nitrogen and oxygen atoms in total. The minimum Gasteiger partial charge on any atom is -0.354 e. The summed E-state index contributed by atoms with van der Waals surface area (Å²) in [7, 11) is 0. The van der Waals surface area contributed by atoms with Crippen molar-refractivity contribution in [3.8, 4) is 0 Å². The first-order chi connectivity index (χ1) is 17.1. The summed E-state index contributed by atoms with van der Waals surface area (Å²) >= 11 is 24.8. The molecule has 0 aliphatic rings. The molecule has 1 N–H and O–H groups in total. The van der Waals surface area contributed by atoms with E-state index in [4.69, 9.17) is 46.4 Å². The Morgan fingerprint density at radius 1 is 0.833 bits per heavy atom. The van der Waals surface area contributed by atoms with Gasteiger partial charge in [-0.15, -0.1) is 0 Å². The quantitative estimate of drug-likeness (QED) is 0.281. The number of hydrogen-bond donors (Lipinski definition) is 1. The van der Waals surface area contributed by atoms with E-state index in [1.165, 1.54) is 0 Å². The number of carbonyl (C=O) groups is 2. The van der Waals surface area contributed by atoms with Crippen molar-refractivity contribution >= 4 is 58.2 Å². The van der Waals surface area contributed by atoms with Gasteiger partial charge in [0.15, 0.2) is 0 Å². The zero-order valence-corrected chi connectivity index (χ0v) is 23.1. The van der Waals surface area contributed by atoms with Crippen molar-refractivity contribution in [2.75, 3.05) is 6.54 Å². The van der Waals surface area contributed by atoms with E-state index in [2.05, 4.69) is 5.32 Å². The molecular weight excluding hydrogens is 538 g/mol. The Labute approximate surface area is 232 Å². The summed E-state index contributed by atoms with van der Waals surface area (Å²) in [4.78, 5) is 28.8.